The molecule has 0 spiro atoms. The number of hydrogen-bond acceptors (Lipinski definition) is 7. The molecule has 0 heterocycles. The molecule has 0 aromatic heterocycles. The molecule has 2 aromatic rings. The Labute approximate surface area is 195 Å². The summed E-state index contributed by atoms with van der Waals surface area (Å²) in [6, 6.07) is 12.5. The van der Waals surface area contributed by atoms with E-state index in [-0.39, 0.29) is 17.2 Å². The predicted octanol–water partition coefficient (Wildman–Crippen LogP) is 3.67. The van der Waals surface area contributed by atoms with Crippen LogP contribution in [0.5, 0.6) is 5.75 Å². The van der Waals surface area contributed by atoms with E-state index >= 15 is 0 Å². The van der Waals surface area contributed by atoms with Crippen molar-refractivity contribution in [2.75, 3.05) is 20.3 Å². The van der Waals surface area contributed by atoms with Gasteiger partial charge in [-0.05, 0) is 31.4 Å². The Balaban J connectivity index is 1.67. The first-order valence-corrected chi connectivity index (χ1v) is 10.7. The van der Waals surface area contributed by atoms with Crippen molar-refractivity contribution in [2.45, 2.75) is 31.2 Å². The predicted molar refractivity (Wildman–Crippen MR) is 119 cm³/mol. The van der Waals surface area contributed by atoms with E-state index in [1.165, 1.54) is 36.2 Å². The molecule has 1 saturated carbocycles. The van der Waals surface area contributed by atoms with Crippen LogP contribution in [0.4, 0.5) is 5.69 Å². The van der Waals surface area contributed by atoms with Crippen molar-refractivity contribution >= 4 is 34.9 Å². The molecule has 0 bridgehead atoms. The number of esters is 1. The molecule has 0 saturated heterocycles. The molecule has 0 radical (unpaired) electrons. The van der Waals surface area contributed by atoms with Crippen molar-refractivity contribution in [1.82, 2.24) is 4.90 Å². The summed E-state index contributed by atoms with van der Waals surface area (Å²) < 4.78 is 10.2. The molecule has 0 unspecified atom stereocenters. The molecule has 33 heavy (non-hydrogen) atoms. The Bertz CT molecular complexity index is 1070. The Morgan fingerprint density at radius 2 is 1.82 bits per heavy atom. The summed E-state index contributed by atoms with van der Waals surface area (Å²) in [5.41, 5.74) is -0.988. The summed E-state index contributed by atoms with van der Waals surface area (Å²) in [5.74, 6) is -1.67. The topological polar surface area (TPSA) is 116 Å². The molecule has 0 N–H and O–H groups in total. The van der Waals surface area contributed by atoms with E-state index in [1.54, 1.807) is 24.3 Å². The number of para-hydroxylation sites is 2. The summed E-state index contributed by atoms with van der Waals surface area (Å²) in [5, 5.41) is 11.4. The quantitative estimate of drug-likeness (QED) is 0.325. The van der Waals surface area contributed by atoms with Crippen LogP contribution in [0.15, 0.2) is 48.5 Å². The lowest BCUT2D eigenvalue weighted by molar-refractivity contribution is -0.385. The van der Waals surface area contributed by atoms with Crippen LogP contribution in [-0.4, -0.2) is 47.7 Å². The average Bonchev–Trinajstić information content (AvgIpc) is 2.81. The lowest BCUT2D eigenvalue weighted by Gasteiger charge is -2.43. The summed E-state index contributed by atoms with van der Waals surface area (Å²) in [6.45, 7) is -1.23. The smallest absolute Gasteiger partial charge is 0.344 e. The minimum Gasteiger partial charge on any atom is -0.475 e. The monoisotopic (exact) mass is 474 g/mol. The van der Waals surface area contributed by atoms with Gasteiger partial charge in [0.1, 0.15) is 5.54 Å². The van der Waals surface area contributed by atoms with Crippen molar-refractivity contribution in [3.8, 4) is 5.75 Å². The number of Topliss-reactive ketones (excluding diaryl/α,β-unsaturated/α-hetero) is 1. The van der Waals surface area contributed by atoms with Crippen LogP contribution in [0, 0.1) is 10.1 Å². The van der Waals surface area contributed by atoms with Gasteiger partial charge in [0.2, 0.25) is 0 Å². The maximum Gasteiger partial charge on any atom is 0.344 e. The molecule has 0 aliphatic heterocycles. The highest BCUT2D eigenvalue weighted by Crippen LogP contribution is 2.42. The molecule has 1 fully saturated rings. The third kappa shape index (κ3) is 5.14. The maximum atomic E-state index is 13.1. The van der Waals surface area contributed by atoms with Gasteiger partial charge in [0, 0.05) is 30.1 Å². The zero-order valence-electron chi connectivity index (χ0n) is 18.0. The molecular formula is C23H23ClN2O7. The van der Waals surface area contributed by atoms with Crippen LogP contribution in [0.3, 0.4) is 0 Å². The van der Waals surface area contributed by atoms with Crippen LogP contribution >= 0.6 is 11.6 Å². The van der Waals surface area contributed by atoms with Crippen LogP contribution in [-0.2, 0) is 24.7 Å². The molecule has 10 heteroatoms. The molecule has 2 aromatic carbocycles. The van der Waals surface area contributed by atoms with Gasteiger partial charge in [-0.2, -0.15) is 0 Å². The van der Waals surface area contributed by atoms with E-state index in [0.29, 0.717) is 23.4 Å². The van der Waals surface area contributed by atoms with Gasteiger partial charge in [-0.15, -0.1) is 0 Å². The third-order valence-corrected chi connectivity index (χ3v) is 6.01. The minimum atomic E-state index is -1.23. The molecule has 1 aliphatic rings. The van der Waals surface area contributed by atoms with Crippen molar-refractivity contribution in [2.24, 2.45) is 0 Å². The number of carbonyl (C=O) groups excluding carboxylic acids is 3. The van der Waals surface area contributed by atoms with Gasteiger partial charge in [0.15, 0.2) is 24.7 Å². The summed E-state index contributed by atoms with van der Waals surface area (Å²) >= 11 is 6.38. The number of nitro benzene ring substituents is 1. The van der Waals surface area contributed by atoms with Gasteiger partial charge in [-0.3, -0.25) is 19.7 Å². The third-order valence-electron chi connectivity index (χ3n) is 5.68. The van der Waals surface area contributed by atoms with E-state index in [0.717, 1.165) is 12.8 Å². The standard InChI is InChI=1S/C23H23ClN2O7/c1-25(23(13-7-6-12-20(23)27)16-8-2-3-9-17(16)24)21(28)14-33-22(29)15-32-19-11-5-4-10-18(19)26(30)31/h2-5,8-11H,6-7,12-15H2,1H3/t23-/m0/s1. The van der Waals surface area contributed by atoms with Crippen LogP contribution in [0.2, 0.25) is 5.02 Å². The normalized spacial score (nSPS) is 17.8. The van der Waals surface area contributed by atoms with Gasteiger partial charge in [0.05, 0.1) is 4.92 Å². The number of nitrogens with zero attached hydrogens (tertiary/aromatic N) is 2. The van der Waals surface area contributed by atoms with Gasteiger partial charge < -0.3 is 14.4 Å². The maximum absolute atomic E-state index is 13.1. The molecule has 174 valence electrons. The highest BCUT2D eigenvalue weighted by Gasteiger charge is 2.48. The molecule has 1 aliphatic carbocycles. The van der Waals surface area contributed by atoms with E-state index in [9.17, 15) is 24.5 Å². The fourth-order valence-corrected chi connectivity index (χ4v) is 4.28. The van der Waals surface area contributed by atoms with Crippen molar-refractivity contribution < 1.29 is 28.8 Å². The van der Waals surface area contributed by atoms with E-state index in [1.807, 2.05) is 0 Å². The van der Waals surface area contributed by atoms with Crippen LogP contribution in [0.25, 0.3) is 0 Å². The first kappa shape index (κ1) is 24.2. The lowest BCUT2D eigenvalue weighted by Crippen LogP contribution is -2.55. The molecule has 9 nitrogen and oxygen atoms in total. The first-order valence-electron chi connectivity index (χ1n) is 10.3. The highest BCUT2D eigenvalue weighted by molar-refractivity contribution is 6.31. The van der Waals surface area contributed by atoms with E-state index in [2.05, 4.69) is 0 Å². The number of halogens is 1. The Morgan fingerprint density at radius 1 is 1.12 bits per heavy atom. The molecule has 1 atom stereocenters. The average molecular weight is 475 g/mol. The summed E-state index contributed by atoms with van der Waals surface area (Å²) in [6.07, 6.45) is 2.18. The second-order valence-electron chi connectivity index (χ2n) is 7.60. The van der Waals surface area contributed by atoms with Crippen molar-refractivity contribution in [3.05, 3.63) is 69.2 Å². The number of ketones is 1. The van der Waals surface area contributed by atoms with Crippen molar-refractivity contribution in [1.29, 1.82) is 0 Å². The Morgan fingerprint density at radius 3 is 2.52 bits per heavy atom. The number of benzene rings is 2. The number of amides is 1. The zero-order valence-corrected chi connectivity index (χ0v) is 18.7. The van der Waals surface area contributed by atoms with E-state index in [4.69, 9.17) is 21.1 Å². The number of hydrogen-bond donors (Lipinski definition) is 0. The largest absolute Gasteiger partial charge is 0.475 e. The zero-order chi connectivity index (χ0) is 24.0. The number of rotatable bonds is 8. The Hall–Kier alpha value is -3.46. The van der Waals surface area contributed by atoms with Crippen LogP contribution < -0.4 is 4.74 Å². The number of likely N-dealkylation sites (N-methyl/N-ethyl adjacent to an activating group) is 1. The van der Waals surface area contributed by atoms with Gasteiger partial charge in [-0.25, -0.2) is 4.79 Å². The fourth-order valence-electron chi connectivity index (χ4n) is 3.99. The summed E-state index contributed by atoms with van der Waals surface area (Å²) in [7, 11) is 1.49. The lowest BCUT2D eigenvalue weighted by atomic mass is 9.74. The van der Waals surface area contributed by atoms with Crippen LogP contribution in [0.1, 0.15) is 31.2 Å². The molecule has 3 rings (SSSR count). The molecular weight excluding hydrogens is 452 g/mol. The Kier molecular flexibility index (Phi) is 7.65. The number of carbonyl (C=O) groups is 3. The molecule has 1 amide bonds. The van der Waals surface area contributed by atoms with Crippen molar-refractivity contribution in [3.63, 3.8) is 0 Å². The van der Waals surface area contributed by atoms with Gasteiger partial charge in [-0.1, -0.05) is 41.9 Å². The van der Waals surface area contributed by atoms with Gasteiger partial charge in [0.25, 0.3) is 5.91 Å². The van der Waals surface area contributed by atoms with Gasteiger partial charge >= 0.3 is 11.7 Å². The SMILES string of the molecule is CN(C(=O)COC(=O)COc1ccccc1[N+](=O)[O-])[C@]1(c2ccccc2Cl)CCCCC1=O. The second-order valence-corrected chi connectivity index (χ2v) is 8.00. The first-order chi connectivity index (χ1) is 15.8. The fraction of sp³-hybridized carbons (Fsp3) is 0.348. The highest BCUT2D eigenvalue weighted by atomic mass is 35.5. The number of nitro groups is 1. The minimum absolute atomic E-state index is 0.0895. The number of ether oxygens (including phenoxy) is 2. The summed E-state index contributed by atoms with van der Waals surface area (Å²) in [4.78, 5) is 49.8. The van der Waals surface area contributed by atoms with E-state index < -0.39 is 35.6 Å². The second kappa shape index (κ2) is 10.4.